The predicted molar refractivity (Wildman–Crippen MR) is 90.0 cm³/mol. The smallest absolute Gasteiger partial charge is 0.329 e. The van der Waals surface area contributed by atoms with Crippen molar-refractivity contribution < 1.29 is 19.1 Å². The van der Waals surface area contributed by atoms with E-state index in [-0.39, 0.29) is 12.3 Å². The number of amides is 1. The topological polar surface area (TPSA) is 73.7 Å². The van der Waals surface area contributed by atoms with Crippen LogP contribution in [0.25, 0.3) is 0 Å². The number of aromatic nitrogens is 2. The Kier molecular flexibility index (Phi) is 4.74. The molecule has 0 saturated carbocycles. The summed E-state index contributed by atoms with van der Waals surface area (Å²) in [6, 6.07) is 6.69. The molecule has 1 aromatic carbocycles. The van der Waals surface area contributed by atoms with E-state index < -0.39 is 12.0 Å². The zero-order valence-electron chi connectivity index (χ0n) is 14.6. The number of nitrogens with zero attached hydrogens (tertiary/aromatic N) is 3. The summed E-state index contributed by atoms with van der Waals surface area (Å²) in [6.07, 6.45) is 2.29. The molecule has 0 fully saturated rings. The Labute approximate surface area is 146 Å². The Bertz CT molecular complexity index is 782. The summed E-state index contributed by atoms with van der Waals surface area (Å²) in [7, 11) is 4.82. The molecule has 2 aromatic rings. The van der Waals surface area contributed by atoms with E-state index in [1.54, 1.807) is 18.3 Å². The highest BCUT2D eigenvalue weighted by Gasteiger charge is 2.37. The Balaban J connectivity index is 1.82. The van der Waals surface area contributed by atoms with Crippen molar-refractivity contribution in [2.45, 2.75) is 25.4 Å². The number of carbonyl (C=O) groups excluding carboxylic acids is 2. The lowest BCUT2D eigenvalue weighted by Gasteiger charge is -2.33. The molecule has 0 bridgehead atoms. The third kappa shape index (κ3) is 3.35. The zero-order valence-corrected chi connectivity index (χ0v) is 14.6. The Morgan fingerprint density at radius 2 is 1.96 bits per heavy atom. The maximum absolute atomic E-state index is 12.9. The van der Waals surface area contributed by atoms with Gasteiger partial charge >= 0.3 is 5.97 Å². The first-order valence-electron chi connectivity index (χ1n) is 8.02. The van der Waals surface area contributed by atoms with Crippen LogP contribution in [0, 0.1) is 0 Å². The zero-order chi connectivity index (χ0) is 18.0. The molecule has 1 aliphatic rings. The van der Waals surface area contributed by atoms with Crippen LogP contribution in [0.3, 0.4) is 0 Å². The third-order valence-corrected chi connectivity index (χ3v) is 4.54. The van der Waals surface area contributed by atoms with E-state index in [0.717, 1.165) is 22.7 Å². The minimum atomic E-state index is -0.641. The second kappa shape index (κ2) is 6.96. The van der Waals surface area contributed by atoms with Crippen LogP contribution in [0.5, 0.6) is 5.75 Å². The van der Waals surface area contributed by atoms with Crippen LogP contribution in [-0.2, 0) is 40.8 Å². The number of esters is 1. The van der Waals surface area contributed by atoms with Crippen LogP contribution in [0.15, 0.2) is 30.6 Å². The summed E-state index contributed by atoms with van der Waals surface area (Å²) in [5, 5.41) is 0. The highest BCUT2D eigenvalue weighted by Crippen LogP contribution is 2.24. The van der Waals surface area contributed by atoms with Gasteiger partial charge in [-0.3, -0.25) is 4.79 Å². The Morgan fingerprint density at radius 1 is 1.24 bits per heavy atom. The summed E-state index contributed by atoms with van der Waals surface area (Å²) in [6.45, 7) is 0.348. The monoisotopic (exact) mass is 343 g/mol. The molecule has 132 valence electrons. The highest BCUT2D eigenvalue weighted by molar-refractivity contribution is 5.86. The predicted octanol–water partition coefficient (Wildman–Crippen LogP) is 1.10. The molecule has 0 radical (unpaired) electrons. The summed E-state index contributed by atoms with van der Waals surface area (Å²) in [4.78, 5) is 30.9. The Morgan fingerprint density at radius 3 is 2.60 bits per heavy atom. The fourth-order valence-electron chi connectivity index (χ4n) is 3.07. The molecule has 1 amide bonds. The lowest BCUT2D eigenvalue weighted by atomic mass is 10.0. The molecule has 0 saturated heterocycles. The van der Waals surface area contributed by atoms with Gasteiger partial charge in [0.05, 0.1) is 44.9 Å². The van der Waals surface area contributed by atoms with Crippen molar-refractivity contribution >= 4 is 11.9 Å². The lowest BCUT2D eigenvalue weighted by Crippen LogP contribution is -2.50. The van der Waals surface area contributed by atoms with Crippen LogP contribution in [0.2, 0.25) is 0 Å². The van der Waals surface area contributed by atoms with E-state index in [1.807, 2.05) is 35.9 Å². The average molecular weight is 343 g/mol. The number of hydrogen-bond acceptors (Lipinski definition) is 5. The van der Waals surface area contributed by atoms with Crippen LogP contribution in [0.1, 0.15) is 17.0 Å². The molecular formula is C18H21N3O4. The highest BCUT2D eigenvalue weighted by atomic mass is 16.5. The quantitative estimate of drug-likeness (QED) is 0.777. The number of carbonyl (C=O) groups is 2. The maximum atomic E-state index is 12.9. The molecule has 1 unspecified atom stereocenters. The van der Waals surface area contributed by atoms with Gasteiger partial charge in [0.15, 0.2) is 0 Å². The minimum Gasteiger partial charge on any atom is -0.497 e. The SMILES string of the molecule is COC(=O)C1Cc2ncn(C)c2CN1C(=O)Cc1ccc(OC)cc1. The first-order chi connectivity index (χ1) is 12.0. The fraction of sp³-hybridized carbons (Fsp3) is 0.389. The van der Waals surface area contributed by atoms with Gasteiger partial charge in [0.2, 0.25) is 5.91 Å². The second-order valence-electron chi connectivity index (χ2n) is 6.04. The number of rotatable bonds is 4. The largest absolute Gasteiger partial charge is 0.497 e. The molecule has 0 N–H and O–H groups in total. The standard InChI is InChI=1S/C18H21N3O4/c1-20-11-19-14-9-15(18(23)25-3)21(10-16(14)20)17(22)8-12-4-6-13(24-2)7-5-12/h4-7,11,15H,8-10H2,1-3H3. The van der Waals surface area contributed by atoms with Gasteiger partial charge in [0.25, 0.3) is 0 Å². The van der Waals surface area contributed by atoms with Crippen LogP contribution in [0.4, 0.5) is 0 Å². The van der Waals surface area contributed by atoms with Crippen molar-refractivity contribution in [1.29, 1.82) is 0 Å². The van der Waals surface area contributed by atoms with E-state index in [2.05, 4.69) is 4.98 Å². The molecule has 3 rings (SSSR count). The van der Waals surface area contributed by atoms with Crippen molar-refractivity contribution in [3.63, 3.8) is 0 Å². The molecule has 7 heteroatoms. The number of methoxy groups -OCH3 is 2. The number of imidazole rings is 1. The Hall–Kier alpha value is -2.83. The van der Waals surface area contributed by atoms with E-state index in [0.29, 0.717) is 13.0 Å². The number of benzene rings is 1. The van der Waals surface area contributed by atoms with Crippen molar-refractivity contribution in [3.05, 3.63) is 47.5 Å². The molecular weight excluding hydrogens is 322 g/mol. The van der Waals surface area contributed by atoms with Crippen molar-refractivity contribution in [3.8, 4) is 5.75 Å². The summed E-state index contributed by atoms with van der Waals surface area (Å²) in [5.74, 6) is 0.202. The van der Waals surface area contributed by atoms with Gasteiger partial charge in [0.1, 0.15) is 11.8 Å². The first-order valence-corrected chi connectivity index (χ1v) is 8.02. The average Bonchev–Trinajstić information content (AvgIpc) is 3.01. The fourth-order valence-corrected chi connectivity index (χ4v) is 3.07. The van der Waals surface area contributed by atoms with Crippen LogP contribution >= 0.6 is 0 Å². The van der Waals surface area contributed by atoms with E-state index in [9.17, 15) is 9.59 Å². The number of fused-ring (bicyclic) bond motifs is 1. The molecule has 1 atom stereocenters. The molecule has 2 heterocycles. The van der Waals surface area contributed by atoms with Crippen LogP contribution in [-0.4, -0.2) is 46.6 Å². The molecule has 25 heavy (non-hydrogen) atoms. The normalized spacial score (nSPS) is 16.3. The van der Waals surface area contributed by atoms with Crippen molar-refractivity contribution in [1.82, 2.24) is 14.5 Å². The van der Waals surface area contributed by atoms with Gasteiger partial charge in [-0.1, -0.05) is 12.1 Å². The second-order valence-corrected chi connectivity index (χ2v) is 6.04. The number of aryl methyl sites for hydroxylation is 1. The summed E-state index contributed by atoms with van der Waals surface area (Å²) in [5.41, 5.74) is 2.65. The third-order valence-electron chi connectivity index (χ3n) is 4.54. The van der Waals surface area contributed by atoms with Gasteiger partial charge in [-0.2, -0.15) is 0 Å². The van der Waals surface area contributed by atoms with E-state index in [1.165, 1.54) is 7.11 Å². The van der Waals surface area contributed by atoms with Gasteiger partial charge in [-0.25, -0.2) is 9.78 Å². The summed E-state index contributed by atoms with van der Waals surface area (Å²) < 4.78 is 11.9. The molecule has 0 aliphatic carbocycles. The molecule has 7 nitrogen and oxygen atoms in total. The lowest BCUT2D eigenvalue weighted by molar-refractivity contribution is -0.153. The van der Waals surface area contributed by atoms with Gasteiger partial charge in [-0.05, 0) is 17.7 Å². The van der Waals surface area contributed by atoms with Gasteiger partial charge in [-0.15, -0.1) is 0 Å². The van der Waals surface area contributed by atoms with Crippen molar-refractivity contribution in [2.24, 2.45) is 7.05 Å². The van der Waals surface area contributed by atoms with E-state index in [4.69, 9.17) is 9.47 Å². The van der Waals surface area contributed by atoms with Gasteiger partial charge in [0, 0.05) is 13.5 Å². The van der Waals surface area contributed by atoms with Crippen molar-refractivity contribution in [2.75, 3.05) is 14.2 Å². The van der Waals surface area contributed by atoms with Crippen LogP contribution < -0.4 is 4.74 Å². The molecule has 1 aliphatic heterocycles. The molecule has 0 spiro atoms. The summed E-state index contributed by atoms with van der Waals surface area (Å²) >= 11 is 0. The number of hydrogen-bond donors (Lipinski definition) is 0. The first kappa shape index (κ1) is 17.0. The maximum Gasteiger partial charge on any atom is 0.329 e. The van der Waals surface area contributed by atoms with Gasteiger partial charge < -0.3 is 18.9 Å². The molecule has 1 aromatic heterocycles. The minimum absolute atomic E-state index is 0.118. The number of ether oxygens (including phenoxy) is 2. The van der Waals surface area contributed by atoms with E-state index >= 15 is 0 Å².